The summed E-state index contributed by atoms with van der Waals surface area (Å²) in [5, 5.41) is 3.59. The highest BCUT2D eigenvalue weighted by atomic mass is 15.1. The zero-order valence-electron chi connectivity index (χ0n) is 12.8. The summed E-state index contributed by atoms with van der Waals surface area (Å²) in [4.78, 5) is 2.56. The monoisotopic (exact) mass is 280 g/mol. The van der Waals surface area contributed by atoms with Gasteiger partial charge < -0.3 is 5.32 Å². The zero-order chi connectivity index (χ0) is 14.5. The van der Waals surface area contributed by atoms with Crippen LogP contribution in [0.2, 0.25) is 0 Å². The minimum atomic E-state index is 0.147. The number of nitrogens with one attached hydrogen (secondary N) is 1. The Morgan fingerprint density at radius 1 is 0.905 bits per heavy atom. The molecular weight excluding hydrogens is 256 g/mol. The van der Waals surface area contributed by atoms with Crippen molar-refractivity contribution >= 4 is 0 Å². The van der Waals surface area contributed by atoms with Gasteiger partial charge >= 0.3 is 0 Å². The SMILES string of the molecule is CNC1(c2ccccc2)CCN(Cc2ccccc2)CC1. The van der Waals surface area contributed by atoms with E-state index in [4.69, 9.17) is 0 Å². The lowest BCUT2D eigenvalue weighted by Gasteiger charge is -2.42. The van der Waals surface area contributed by atoms with E-state index < -0.39 is 0 Å². The molecule has 2 aromatic rings. The van der Waals surface area contributed by atoms with Crippen LogP contribution in [-0.2, 0) is 12.1 Å². The highest BCUT2D eigenvalue weighted by molar-refractivity contribution is 5.25. The van der Waals surface area contributed by atoms with E-state index >= 15 is 0 Å². The lowest BCUT2D eigenvalue weighted by Crippen LogP contribution is -2.49. The van der Waals surface area contributed by atoms with Crippen LogP contribution in [0.3, 0.4) is 0 Å². The topological polar surface area (TPSA) is 15.3 Å². The standard InChI is InChI=1S/C19H24N2/c1-20-19(18-10-6-3-7-11-18)12-14-21(15-13-19)16-17-8-4-2-5-9-17/h2-11,20H,12-16H2,1H3. The van der Waals surface area contributed by atoms with Gasteiger partial charge in [-0.25, -0.2) is 0 Å². The lowest BCUT2D eigenvalue weighted by atomic mass is 9.81. The van der Waals surface area contributed by atoms with Crippen molar-refractivity contribution < 1.29 is 0 Å². The van der Waals surface area contributed by atoms with E-state index in [2.05, 4.69) is 77.9 Å². The van der Waals surface area contributed by atoms with Gasteiger partial charge in [0.25, 0.3) is 0 Å². The average molecular weight is 280 g/mol. The van der Waals surface area contributed by atoms with Crippen LogP contribution in [0.15, 0.2) is 60.7 Å². The minimum Gasteiger partial charge on any atom is -0.310 e. The van der Waals surface area contributed by atoms with Crippen LogP contribution in [0.1, 0.15) is 24.0 Å². The van der Waals surface area contributed by atoms with Crippen molar-refractivity contribution in [3.05, 3.63) is 71.8 Å². The first kappa shape index (κ1) is 14.3. The highest BCUT2D eigenvalue weighted by Gasteiger charge is 2.34. The molecule has 0 amide bonds. The third-order valence-electron chi connectivity index (χ3n) is 4.76. The molecule has 0 radical (unpaired) electrons. The Labute approximate surface area is 127 Å². The van der Waals surface area contributed by atoms with E-state index in [-0.39, 0.29) is 5.54 Å². The van der Waals surface area contributed by atoms with Crippen LogP contribution in [0.4, 0.5) is 0 Å². The second-order valence-electron chi connectivity index (χ2n) is 5.96. The van der Waals surface area contributed by atoms with Crippen molar-refractivity contribution in [2.24, 2.45) is 0 Å². The molecule has 0 atom stereocenters. The number of hydrogen-bond acceptors (Lipinski definition) is 2. The number of rotatable bonds is 4. The van der Waals surface area contributed by atoms with Gasteiger partial charge in [0.1, 0.15) is 0 Å². The molecule has 0 spiro atoms. The van der Waals surface area contributed by atoms with Gasteiger partial charge in [0.05, 0.1) is 0 Å². The van der Waals surface area contributed by atoms with Gasteiger partial charge in [0.15, 0.2) is 0 Å². The number of nitrogens with zero attached hydrogens (tertiary/aromatic N) is 1. The first-order valence-electron chi connectivity index (χ1n) is 7.83. The molecule has 1 aliphatic rings. The van der Waals surface area contributed by atoms with Crippen LogP contribution >= 0.6 is 0 Å². The van der Waals surface area contributed by atoms with Crippen LogP contribution in [-0.4, -0.2) is 25.0 Å². The summed E-state index contributed by atoms with van der Waals surface area (Å²) in [6.07, 6.45) is 2.33. The molecule has 2 aromatic carbocycles. The van der Waals surface area contributed by atoms with Gasteiger partial charge in [-0.05, 0) is 31.0 Å². The van der Waals surface area contributed by atoms with E-state index in [1.807, 2.05) is 0 Å². The predicted molar refractivity (Wildman–Crippen MR) is 88.1 cm³/mol. The Bertz CT molecular complexity index is 542. The van der Waals surface area contributed by atoms with Crippen LogP contribution in [0.25, 0.3) is 0 Å². The predicted octanol–water partition coefficient (Wildman–Crippen LogP) is 3.40. The number of likely N-dealkylation sites (tertiary alicyclic amines) is 1. The number of benzene rings is 2. The normalized spacial score (nSPS) is 18.5. The summed E-state index contributed by atoms with van der Waals surface area (Å²) in [6.45, 7) is 3.35. The Balaban J connectivity index is 1.66. The second kappa shape index (κ2) is 6.42. The van der Waals surface area contributed by atoms with E-state index in [1.165, 1.54) is 24.0 Å². The average Bonchev–Trinajstić information content (AvgIpc) is 2.58. The van der Waals surface area contributed by atoms with Gasteiger partial charge in [-0.2, -0.15) is 0 Å². The fraction of sp³-hybridized carbons (Fsp3) is 0.368. The third kappa shape index (κ3) is 3.17. The Kier molecular flexibility index (Phi) is 4.37. The summed E-state index contributed by atoms with van der Waals surface area (Å²) >= 11 is 0. The quantitative estimate of drug-likeness (QED) is 0.923. The molecular formula is C19H24N2. The number of hydrogen-bond donors (Lipinski definition) is 1. The molecule has 0 unspecified atom stereocenters. The fourth-order valence-electron chi connectivity index (χ4n) is 3.37. The van der Waals surface area contributed by atoms with Gasteiger partial charge in [0.2, 0.25) is 0 Å². The molecule has 1 heterocycles. The summed E-state index contributed by atoms with van der Waals surface area (Å²) in [7, 11) is 2.10. The Hall–Kier alpha value is -1.64. The second-order valence-corrected chi connectivity index (χ2v) is 5.96. The van der Waals surface area contributed by atoms with Crippen molar-refractivity contribution in [2.45, 2.75) is 24.9 Å². The molecule has 110 valence electrons. The maximum absolute atomic E-state index is 3.59. The van der Waals surface area contributed by atoms with E-state index in [1.54, 1.807) is 0 Å². The first-order chi connectivity index (χ1) is 10.3. The van der Waals surface area contributed by atoms with Gasteiger partial charge in [-0.15, -0.1) is 0 Å². The highest BCUT2D eigenvalue weighted by Crippen LogP contribution is 2.32. The first-order valence-corrected chi connectivity index (χ1v) is 7.83. The molecule has 1 saturated heterocycles. The van der Waals surface area contributed by atoms with Crippen molar-refractivity contribution in [1.82, 2.24) is 10.2 Å². The maximum Gasteiger partial charge on any atom is 0.0456 e. The van der Waals surface area contributed by atoms with Gasteiger partial charge in [-0.1, -0.05) is 60.7 Å². The van der Waals surface area contributed by atoms with Crippen LogP contribution < -0.4 is 5.32 Å². The smallest absolute Gasteiger partial charge is 0.0456 e. The van der Waals surface area contributed by atoms with Gasteiger partial charge in [0, 0.05) is 25.2 Å². The third-order valence-corrected chi connectivity index (χ3v) is 4.76. The lowest BCUT2D eigenvalue weighted by molar-refractivity contribution is 0.134. The summed E-state index contributed by atoms with van der Waals surface area (Å²) < 4.78 is 0. The molecule has 1 aliphatic heterocycles. The molecule has 1 N–H and O–H groups in total. The molecule has 3 rings (SSSR count). The van der Waals surface area contributed by atoms with Crippen molar-refractivity contribution in [3.8, 4) is 0 Å². The molecule has 0 aliphatic carbocycles. The molecule has 21 heavy (non-hydrogen) atoms. The Morgan fingerprint density at radius 2 is 1.48 bits per heavy atom. The molecule has 0 aromatic heterocycles. The van der Waals surface area contributed by atoms with E-state index in [0.29, 0.717) is 0 Å². The Morgan fingerprint density at radius 3 is 2.05 bits per heavy atom. The van der Waals surface area contributed by atoms with Crippen molar-refractivity contribution in [1.29, 1.82) is 0 Å². The number of piperidine rings is 1. The maximum atomic E-state index is 3.59. The van der Waals surface area contributed by atoms with E-state index in [9.17, 15) is 0 Å². The molecule has 0 bridgehead atoms. The van der Waals surface area contributed by atoms with Crippen LogP contribution in [0.5, 0.6) is 0 Å². The summed E-state index contributed by atoms with van der Waals surface area (Å²) in [5.74, 6) is 0. The summed E-state index contributed by atoms with van der Waals surface area (Å²) in [5.41, 5.74) is 2.98. The largest absolute Gasteiger partial charge is 0.310 e. The zero-order valence-corrected chi connectivity index (χ0v) is 12.8. The molecule has 1 fully saturated rings. The van der Waals surface area contributed by atoms with E-state index in [0.717, 1.165) is 19.6 Å². The van der Waals surface area contributed by atoms with Gasteiger partial charge in [-0.3, -0.25) is 4.90 Å². The minimum absolute atomic E-state index is 0.147. The molecule has 2 heteroatoms. The molecule has 2 nitrogen and oxygen atoms in total. The van der Waals surface area contributed by atoms with Crippen LogP contribution in [0, 0.1) is 0 Å². The fourth-order valence-corrected chi connectivity index (χ4v) is 3.37. The van der Waals surface area contributed by atoms with Crippen molar-refractivity contribution in [3.63, 3.8) is 0 Å². The summed E-state index contributed by atoms with van der Waals surface area (Å²) in [6, 6.07) is 21.7. The molecule has 0 saturated carbocycles. The van der Waals surface area contributed by atoms with Crippen molar-refractivity contribution in [2.75, 3.05) is 20.1 Å².